The Balaban J connectivity index is 2.05. The van der Waals surface area contributed by atoms with Gasteiger partial charge in [0.1, 0.15) is 0 Å². The number of carbonyl (C=O) groups is 1. The van der Waals surface area contributed by atoms with Gasteiger partial charge in [-0.1, -0.05) is 20.8 Å². The number of piperidine rings is 1. The fraction of sp³-hybridized carbons (Fsp3) is 0.917. The Morgan fingerprint density at radius 3 is 2.56 bits per heavy atom. The Hall–Kier alpha value is -0.610. The molecular formula is C12H24N2O2. The number of hydrogen-bond acceptors (Lipinski definition) is 3. The lowest BCUT2D eigenvalue weighted by molar-refractivity contribution is -0.128. The standard InChI is InChI=1S/C12H24N2O2/c1-12(2,3)11(15)14-8-9-16-10-4-6-13-7-5-10/h10,13H,4-9H2,1-3H3,(H,14,15). The molecule has 1 saturated heterocycles. The minimum Gasteiger partial charge on any atom is -0.376 e. The van der Waals surface area contributed by atoms with Gasteiger partial charge in [0, 0.05) is 12.0 Å². The van der Waals surface area contributed by atoms with Gasteiger partial charge < -0.3 is 15.4 Å². The van der Waals surface area contributed by atoms with Crippen molar-refractivity contribution in [2.45, 2.75) is 39.7 Å². The Kier molecular flexibility index (Phi) is 5.22. The van der Waals surface area contributed by atoms with E-state index in [0.717, 1.165) is 25.9 Å². The zero-order valence-corrected chi connectivity index (χ0v) is 10.6. The first-order valence-electron chi connectivity index (χ1n) is 6.11. The molecule has 0 aromatic carbocycles. The first-order chi connectivity index (χ1) is 7.50. The van der Waals surface area contributed by atoms with E-state index in [1.165, 1.54) is 0 Å². The summed E-state index contributed by atoms with van der Waals surface area (Å²) in [6.45, 7) is 9.05. The van der Waals surface area contributed by atoms with Gasteiger partial charge in [0.05, 0.1) is 12.7 Å². The minimum atomic E-state index is -0.311. The molecule has 1 rings (SSSR count). The van der Waals surface area contributed by atoms with Crippen LogP contribution in [0, 0.1) is 5.41 Å². The molecule has 1 heterocycles. The van der Waals surface area contributed by atoms with Crippen molar-refractivity contribution in [3.05, 3.63) is 0 Å². The minimum absolute atomic E-state index is 0.0846. The average Bonchev–Trinajstić information content (AvgIpc) is 2.24. The van der Waals surface area contributed by atoms with Crippen LogP contribution >= 0.6 is 0 Å². The Morgan fingerprint density at radius 2 is 2.00 bits per heavy atom. The Morgan fingerprint density at radius 1 is 1.38 bits per heavy atom. The smallest absolute Gasteiger partial charge is 0.225 e. The van der Waals surface area contributed by atoms with Crippen LogP contribution in [0.5, 0.6) is 0 Å². The third kappa shape index (κ3) is 4.94. The zero-order valence-electron chi connectivity index (χ0n) is 10.6. The molecule has 0 saturated carbocycles. The predicted molar refractivity (Wildman–Crippen MR) is 64.3 cm³/mol. The molecule has 1 aliphatic heterocycles. The molecular weight excluding hydrogens is 204 g/mol. The lowest BCUT2D eigenvalue weighted by atomic mass is 9.96. The molecule has 0 bridgehead atoms. The lowest BCUT2D eigenvalue weighted by Crippen LogP contribution is -2.38. The molecule has 0 aliphatic carbocycles. The number of ether oxygens (including phenoxy) is 1. The molecule has 0 aromatic heterocycles. The molecule has 0 aromatic rings. The van der Waals surface area contributed by atoms with E-state index in [9.17, 15) is 4.79 Å². The van der Waals surface area contributed by atoms with Gasteiger partial charge in [0.15, 0.2) is 0 Å². The van der Waals surface area contributed by atoms with Gasteiger partial charge >= 0.3 is 0 Å². The van der Waals surface area contributed by atoms with E-state index >= 15 is 0 Å². The summed E-state index contributed by atoms with van der Waals surface area (Å²) in [4.78, 5) is 11.5. The molecule has 0 unspecified atom stereocenters. The van der Waals surface area contributed by atoms with Crippen molar-refractivity contribution in [3.63, 3.8) is 0 Å². The van der Waals surface area contributed by atoms with Crippen LogP contribution < -0.4 is 10.6 Å². The van der Waals surface area contributed by atoms with Crippen LogP contribution in [0.4, 0.5) is 0 Å². The molecule has 94 valence electrons. The second kappa shape index (κ2) is 6.21. The van der Waals surface area contributed by atoms with Crippen LogP contribution in [0.2, 0.25) is 0 Å². The van der Waals surface area contributed by atoms with Crippen molar-refractivity contribution in [1.29, 1.82) is 0 Å². The Labute approximate surface area is 98.1 Å². The quantitative estimate of drug-likeness (QED) is 0.703. The van der Waals surface area contributed by atoms with Gasteiger partial charge in [-0.05, 0) is 25.9 Å². The van der Waals surface area contributed by atoms with Crippen LogP contribution in [0.1, 0.15) is 33.6 Å². The highest BCUT2D eigenvalue weighted by atomic mass is 16.5. The summed E-state index contributed by atoms with van der Waals surface area (Å²) < 4.78 is 5.69. The number of amides is 1. The van der Waals surface area contributed by atoms with Gasteiger partial charge in [-0.2, -0.15) is 0 Å². The van der Waals surface area contributed by atoms with E-state index in [-0.39, 0.29) is 11.3 Å². The van der Waals surface area contributed by atoms with Gasteiger partial charge in [-0.25, -0.2) is 0 Å². The molecule has 4 nitrogen and oxygen atoms in total. The summed E-state index contributed by atoms with van der Waals surface area (Å²) in [7, 11) is 0. The Bertz CT molecular complexity index is 218. The van der Waals surface area contributed by atoms with E-state index < -0.39 is 0 Å². The van der Waals surface area contributed by atoms with Crippen LogP contribution in [-0.2, 0) is 9.53 Å². The number of nitrogens with one attached hydrogen (secondary N) is 2. The van der Waals surface area contributed by atoms with Crippen LogP contribution in [0.3, 0.4) is 0 Å². The van der Waals surface area contributed by atoms with Crippen LogP contribution in [-0.4, -0.2) is 38.3 Å². The second-order valence-electron chi connectivity index (χ2n) is 5.33. The summed E-state index contributed by atoms with van der Waals surface area (Å²) in [6, 6.07) is 0. The van der Waals surface area contributed by atoms with Gasteiger partial charge in [0.2, 0.25) is 5.91 Å². The predicted octanol–water partition coefficient (Wildman–Crippen LogP) is 0.917. The van der Waals surface area contributed by atoms with Crippen LogP contribution in [0.25, 0.3) is 0 Å². The maximum Gasteiger partial charge on any atom is 0.225 e. The summed E-state index contributed by atoms with van der Waals surface area (Å²) in [6.07, 6.45) is 2.52. The maximum absolute atomic E-state index is 11.5. The van der Waals surface area contributed by atoms with Gasteiger partial charge in [0.25, 0.3) is 0 Å². The van der Waals surface area contributed by atoms with Crippen LogP contribution in [0.15, 0.2) is 0 Å². The third-order valence-corrected chi connectivity index (χ3v) is 2.71. The SMILES string of the molecule is CC(C)(C)C(=O)NCCOC1CCNCC1. The molecule has 1 aliphatic rings. The monoisotopic (exact) mass is 228 g/mol. The highest BCUT2D eigenvalue weighted by molar-refractivity contribution is 5.81. The van der Waals surface area contributed by atoms with Gasteiger partial charge in [-0.3, -0.25) is 4.79 Å². The average molecular weight is 228 g/mol. The second-order valence-corrected chi connectivity index (χ2v) is 5.33. The number of rotatable bonds is 4. The van der Waals surface area contributed by atoms with Crippen molar-refractivity contribution >= 4 is 5.91 Å². The zero-order chi connectivity index (χ0) is 12.0. The molecule has 0 radical (unpaired) electrons. The first-order valence-corrected chi connectivity index (χ1v) is 6.11. The van der Waals surface area contributed by atoms with E-state index in [1.807, 2.05) is 20.8 Å². The molecule has 4 heteroatoms. The number of hydrogen-bond donors (Lipinski definition) is 2. The largest absolute Gasteiger partial charge is 0.376 e. The summed E-state index contributed by atoms with van der Waals surface area (Å²) in [5, 5.41) is 6.18. The molecule has 0 atom stereocenters. The lowest BCUT2D eigenvalue weighted by Gasteiger charge is -2.23. The van der Waals surface area contributed by atoms with E-state index in [1.54, 1.807) is 0 Å². The van der Waals surface area contributed by atoms with Crippen molar-refractivity contribution < 1.29 is 9.53 Å². The first kappa shape index (κ1) is 13.5. The molecule has 2 N–H and O–H groups in total. The highest BCUT2D eigenvalue weighted by Gasteiger charge is 2.20. The normalized spacial score (nSPS) is 18.4. The van der Waals surface area contributed by atoms with Crippen molar-refractivity contribution in [1.82, 2.24) is 10.6 Å². The summed E-state index contributed by atoms with van der Waals surface area (Å²) >= 11 is 0. The molecule has 1 amide bonds. The van der Waals surface area contributed by atoms with E-state index in [2.05, 4.69) is 10.6 Å². The molecule has 0 spiro atoms. The van der Waals surface area contributed by atoms with E-state index in [0.29, 0.717) is 19.3 Å². The highest BCUT2D eigenvalue weighted by Crippen LogP contribution is 2.12. The summed E-state index contributed by atoms with van der Waals surface area (Å²) in [5.41, 5.74) is -0.311. The topological polar surface area (TPSA) is 50.4 Å². The summed E-state index contributed by atoms with van der Waals surface area (Å²) in [5.74, 6) is 0.0846. The van der Waals surface area contributed by atoms with E-state index in [4.69, 9.17) is 4.74 Å². The maximum atomic E-state index is 11.5. The fourth-order valence-corrected chi connectivity index (χ4v) is 1.62. The number of carbonyl (C=O) groups excluding carboxylic acids is 1. The molecule has 1 fully saturated rings. The van der Waals surface area contributed by atoms with Gasteiger partial charge in [-0.15, -0.1) is 0 Å². The fourth-order valence-electron chi connectivity index (χ4n) is 1.62. The third-order valence-electron chi connectivity index (χ3n) is 2.71. The molecule has 16 heavy (non-hydrogen) atoms. The van der Waals surface area contributed by atoms with Crippen molar-refractivity contribution in [2.24, 2.45) is 5.41 Å². The van der Waals surface area contributed by atoms with Crippen molar-refractivity contribution in [3.8, 4) is 0 Å². The van der Waals surface area contributed by atoms with Crippen molar-refractivity contribution in [2.75, 3.05) is 26.2 Å².